The van der Waals surface area contributed by atoms with Gasteiger partial charge in [-0.05, 0) is 54.1 Å². The first-order valence-corrected chi connectivity index (χ1v) is 19.4. The zero-order valence-corrected chi connectivity index (χ0v) is 27.4. The van der Waals surface area contributed by atoms with Crippen LogP contribution >= 0.6 is 0 Å². The Morgan fingerprint density at radius 3 is 2.33 bits per heavy atom. The van der Waals surface area contributed by atoms with E-state index in [-0.39, 0.29) is 23.8 Å². The summed E-state index contributed by atoms with van der Waals surface area (Å²) < 4.78 is 47.4. The summed E-state index contributed by atoms with van der Waals surface area (Å²) in [7, 11) is -1.36. The highest BCUT2D eigenvalue weighted by atomic mass is 28.3. The third-order valence-electron chi connectivity index (χ3n) is 8.13. The van der Waals surface area contributed by atoms with Crippen LogP contribution in [0.2, 0.25) is 25.7 Å². The molecule has 2 heterocycles. The van der Waals surface area contributed by atoms with Crippen LogP contribution in [0.15, 0.2) is 89.9 Å². The van der Waals surface area contributed by atoms with Gasteiger partial charge in [-0.15, -0.1) is 0 Å². The van der Waals surface area contributed by atoms with Crippen LogP contribution in [-0.4, -0.2) is 42.2 Å². The number of fused-ring (bicyclic) bond motifs is 1. The number of alkyl halides is 2. The van der Waals surface area contributed by atoms with Crippen molar-refractivity contribution in [1.82, 2.24) is 14.3 Å². The maximum atomic E-state index is 14.3. The Balaban J connectivity index is 1.55. The summed E-state index contributed by atoms with van der Waals surface area (Å²) >= 11 is 0. The molecule has 1 fully saturated rings. The highest BCUT2D eigenvalue weighted by Crippen LogP contribution is 2.43. The van der Waals surface area contributed by atoms with Crippen LogP contribution in [0.5, 0.6) is 11.5 Å². The fourth-order valence-corrected chi connectivity index (χ4v) is 6.23. The van der Waals surface area contributed by atoms with E-state index in [0.29, 0.717) is 53.4 Å². The third kappa shape index (κ3) is 7.40. The number of halogens is 2. The largest absolute Gasteiger partial charge is 0.489 e. The van der Waals surface area contributed by atoms with E-state index in [4.69, 9.17) is 14.2 Å². The monoisotopic (exact) mass is 643 g/mol. The van der Waals surface area contributed by atoms with Crippen molar-refractivity contribution >= 4 is 19.0 Å². The van der Waals surface area contributed by atoms with E-state index in [1.54, 1.807) is 18.3 Å². The minimum absolute atomic E-state index is 0.0263. The van der Waals surface area contributed by atoms with Crippen molar-refractivity contribution in [2.75, 3.05) is 13.2 Å². The van der Waals surface area contributed by atoms with Crippen LogP contribution in [0.1, 0.15) is 18.4 Å². The fourth-order valence-electron chi connectivity index (χ4n) is 5.47. The van der Waals surface area contributed by atoms with Gasteiger partial charge in [-0.2, -0.15) is 13.9 Å². The van der Waals surface area contributed by atoms with Gasteiger partial charge in [0.1, 0.15) is 6.73 Å². The molecule has 46 heavy (non-hydrogen) atoms. The molecule has 1 saturated carbocycles. The van der Waals surface area contributed by atoms with Gasteiger partial charge in [0, 0.05) is 25.8 Å². The molecule has 7 nitrogen and oxygen atoms in total. The van der Waals surface area contributed by atoms with Crippen molar-refractivity contribution in [1.29, 1.82) is 0 Å². The van der Waals surface area contributed by atoms with Crippen LogP contribution in [0.3, 0.4) is 0 Å². The van der Waals surface area contributed by atoms with Crippen molar-refractivity contribution < 1.29 is 23.0 Å². The van der Waals surface area contributed by atoms with Gasteiger partial charge in [0.25, 0.3) is 5.56 Å². The van der Waals surface area contributed by atoms with Crippen molar-refractivity contribution in [2.45, 2.75) is 58.4 Å². The van der Waals surface area contributed by atoms with Crippen molar-refractivity contribution in [3.8, 4) is 33.9 Å². The van der Waals surface area contributed by atoms with E-state index in [0.717, 1.165) is 30.0 Å². The summed E-state index contributed by atoms with van der Waals surface area (Å²) in [5.41, 5.74) is 4.31. The zero-order valence-electron chi connectivity index (χ0n) is 26.4. The van der Waals surface area contributed by atoms with Crippen LogP contribution in [-0.2, 0) is 18.0 Å². The lowest BCUT2D eigenvalue weighted by Crippen LogP contribution is -2.24. The summed E-state index contributed by atoms with van der Waals surface area (Å²) in [4.78, 5) is 14.3. The Bertz CT molecular complexity index is 1850. The second kappa shape index (κ2) is 13.6. The number of aromatic nitrogens is 3. The molecular weight excluding hydrogens is 604 g/mol. The molecule has 0 spiro atoms. The van der Waals surface area contributed by atoms with Crippen LogP contribution < -0.4 is 15.0 Å². The molecule has 0 N–H and O–H groups in total. The maximum Gasteiger partial charge on any atom is 0.387 e. The molecule has 240 valence electrons. The molecule has 1 aliphatic carbocycles. The number of ether oxygens (including phenoxy) is 3. The summed E-state index contributed by atoms with van der Waals surface area (Å²) in [6.45, 7) is 5.39. The Labute approximate surface area is 268 Å². The quantitative estimate of drug-likeness (QED) is 0.0900. The first-order chi connectivity index (χ1) is 22.2. The number of nitrogens with zero attached hydrogens (tertiary/aromatic N) is 3. The molecule has 3 aromatic carbocycles. The number of benzene rings is 3. The second-order valence-electron chi connectivity index (χ2n) is 13.0. The molecule has 6 rings (SSSR count). The van der Waals surface area contributed by atoms with E-state index >= 15 is 0 Å². The lowest BCUT2D eigenvalue weighted by molar-refractivity contribution is -0.0515. The van der Waals surface area contributed by atoms with E-state index in [9.17, 15) is 13.6 Å². The molecule has 2 aromatic heterocycles. The zero-order chi connectivity index (χ0) is 32.3. The van der Waals surface area contributed by atoms with Crippen molar-refractivity contribution in [2.24, 2.45) is 5.92 Å². The smallest absolute Gasteiger partial charge is 0.387 e. The molecule has 0 atom stereocenters. The molecule has 0 saturated heterocycles. The molecule has 0 aliphatic heterocycles. The molecule has 5 aromatic rings. The van der Waals surface area contributed by atoms with Gasteiger partial charge in [-0.25, -0.2) is 4.68 Å². The second-order valence-corrected chi connectivity index (χ2v) is 18.6. The average molecular weight is 644 g/mol. The van der Waals surface area contributed by atoms with Crippen molar-refractivity contribution in [3.05, 3.63) is 101 Å². The van der Waals surface area contributed by atoms with Crippen LogP contribution in [0, 0.1) is 5.92 Å². The van der Waals surface area contributed by atoms with E-state index < -0.39 is 14.7 Å². The summed E-state index contributed by atoms with van der Waals surface area (Å²) in [5.74, 6) is 0.615. The van der Waals surface area contributed by atoms with Crippen LogP contribution in [0.25, 0.3) is 33.3 Å². The van der Waals surface area contributed by atoms with E-state index in [1.165, 1.54) is 10.7 Å². The lowest BCUT2D eigenvalue weighted by Gasteiger charge is -2.18. The lowest BCUT2D eigenvalue weighted by atomic mass is 9.98. The molecule has 0 bridgehead atoms. The number of rotatable bonds is 14. The minimum Gasteiger partial charge on any atom is -0.489 e. The van der Waals surface area contributed by atoms with Gasteiger partial charge in [0.05, 0.1) is 35.9 Å². The van der Waals surface area contributed by atoms with Gasteiger partial charge in [-0.1, -0.05) is 80.3 Å². The Morgan fingerprint density at radius 1 is 0.935 bits per heavy atom. The number of hydrogen-bond donors (Lipinski definition) is 0. The molecule has 10 heteroatoms. The van der Waals surface area contributed by atoms with Gasteiger partial charge in [0.2, 0.25) is 0 Å². The molecule has 0 radical (unpaired) electrons. The summed E-state index contributed by atoms with van der Waals surface area (Å²) in [5, 5.41) is 5.11. The van der Waals surface area contributed by atoms with Crippen LogP contribution in [0.4, 0.5) is 8.78 Å². The average Bonchev–Trinajstić information content (AvgIpc) is 3.80. The highest BCUT2D eigenvalue weighted by molar-refractivity contribution is 6.76. The Kier molecular flexibility index (Phi) is 9.37. The van der Waals surface area contributed by atoms with Gasteiger partial charge in [0.15, 0.2) is 11.5 Å². The SMILES string of the molecule is C[Si](C)(C)CCOCn1c(-c2ccc(OC(F)F)c(OCC3CC3)c2)c(-c2ccccc2)c2c(=O)n(Cc3ccccc3)ncc21. The molecule has 0 amide bonds. The van der Waals surface area contributed by atoms with E-state index in [2.05, 4.69) is 24.7 Å². The minimum atomic E-state index is -2.99. The van der Waals surface area contributed by atoms with Crippen molar-refractivity contribution in [3.63, 3.8) is 0 Å². The molecule has 1 aliphatic rings. The Morgan fingerprint density at radius 2 is 1.65 bits per heavy atom. The standard InChI is InChI=1S/C36H39F2N3O4Si/c1-46(2,3)19-18-43-24-40-29-21-39-41(22-25-10-6-4-7-11-25)35(42)33(29)32(27-12-8-5-9-13-27)34(40)28-16-17-30(45-36(37)38)31(20-28)44-23-26-14-15-26/h4-13,16-17,20-21,26,36H,14-15,18-19,22-24H2,1-3H3. The molecular formula is C36H39F2N3O4Si. The normalized spacial score (nSPS) is 13.4. The van der Waals surface area contributed by atoms with E-state index in [1.807, 2.05) is 65.2 Å². The maximum absolute atomic E-state index is 14.3. The Hall–Kier alpha value is -4.28. The first-order valence-electron chi connectivity index (χ1n) is 15.7. The first kappa shape index (κ1) is 31.7. The highest BCUT2D eigenvalue weighted by Gasteiger charge is 2.27. The summed E-state index contributed by atoms with van der Waals surface area (Å²) in [6, 6.07) is 25.4. The predicted molar refractivity (Wildman–Crippen MR) is 179 cm³/mol. The summed E-state index contributed by atoms with van der Waals surface area (Å²) in [6.07, 6.45) is 3.82. The van der Waals surface area contributed by atoms with Gasteiger partial charge < -0.3 is 18.8 Å². The fraction of sp³-hybridized carbons (Fsp3) is 0.333. The van der Waals surface area contributed by atoms with Gasteiger partial charge in [-0.3, -0.25) is 4.79 Å². The number of hydrogen-bond acceptors (Lipinski definition) is 5. The van der Waals surface area contributed by atoms with Gasteiger partial charge >= 0.3 is 6.61 Å². The topological polar surface area (TPSA) is 67.5 Å². The molecule has 0 unspecified atom stereocenters. The third-order valence-corrected chi connectivity index (χ3v) is 9.83. The predicted octanol–water partition coefficient (Wildman–Crippen LogP) is 8.28.